The number of aromatic nitrogens is 2. The number of amides is 1. The lowest BCUT2D eigenvalue weighted by Gasteiger charge is -2.11. The van der Waals surface area contributed by atoms with Crippen LogP contribution in [0.15, 0.2) is 72.8 Å². The van der Waals surface area contributed by atoms with Crippen LogP contribution in [0.5, 0.6) is 5.75 Å². The first-order valence-electron chi connectivity index (χ1n) is 11.8. The molecule has 0 bridgehead atoms. The normalized spacial score (nSPS) is 11.0. The van der Waals surface area contributed by atoms with Crippen molar-refractivity contribution in [2.75, 3.05) is 13.2 Å². The van der Waals surface area contributed by atoms with Crippen LogP contribution < -0.4 is 10.1 Å². The number of imidazole rings is 1. The number of rotatable bonds is 11. The number of carbonyl (C=O) groups is 1. The molecule has 3 aromatic carbocycles. The molecule has 1 amide bonds. The summed E-state index contributed by atoms with van der Waals surface area (Å²) in [4.78, 5) is 17.1. The zero-order valence-electron chi connectivity index (χ0n) is 19.5. The van der Waals surface area contributed by atoms with E-state index in [1.807, 2.05) is 30.3 Å². The van der Waals surface area contributed by atoms with Gasteiger partial charge < -0.3 is 14.6 Å². The van der Waals surface area contributed by atoms with Crippen molar-refractivity contribution in [3.8, 4) is 5.75 Å². The largest absolute Gasteiger partial charge is 0.494 e. The number of hydrogen-bond acceptors (Lipinski definition) is 3. The lowest BCUT2D eigenvalue weighted by Crippen LogP contribution is -2.25. The van der Waals surface area contributed by atoms with Gasteiger partial charge in [-0.25, -0.2) is 9.37 Å². The number of ether oxygens (including phenoxy) is 1. The quantitative estimate of drug-likeness (QED) is 0.298. The first-order chi connectivity index (χ1) is 16.6. The van der Waals surface area contributed by atoms with Crippen LogP contribution >= 0.6 is 0 Å². The number of nitrogens with zero attached hydrogens (tertiary/aromatic N) is 2. The molecule has 6 heteroatoms. The van der Waals surface area contributed by atoms with Crippen LogP contribution in [-0.2, 0) is 19.4 Å². The first-order valence-corrected chi connectivity index (χ1v) is 11.8. The SMILES string of the molecule is CCc1ccc(OCCCn2c(CCCNC(=O)c3ccc(F)cc3)nc3ccccc32)cc1. The van der Waals surface area contributed by atoms with Crippen molar-refractivity contribution in [3.05, 3.63) is 95.6 Å². The fourth-order valence-corrected chi connectivity index (χ4v) is 3.95. The van der Waals surface area contributed by atoms with Crippen LogP contribution in [0.1, 0.15) is 41.5 Å². The summed E-state index contributed by atoms with van der Waals surface area (Å²) in [6.07, 6.45) is 3.39. The zero-order valence-corrected chi connectivity index (χ0v) is 19.5. The van der Waals surface area contributed by atoms with Gasteiger partial charge in [-0.1, -0.05) is 31.2 Å². The minimum atomic E-state index is -0.352. The second-order valence-electron chi connectivity index (χ2n) is 8.23. The topological polar surface area (TPSA) is 56.1 Å². The maximum absolute atomic E-state index is 13.0. The molecule has 176 valence electrons. The highest BCUT2D eigenvalue weighted by Gasteiger charge is 2.11. The number of benzene rings is 3. The van der Waals surface area contributed by atoms with Crippen LogP contribution in [0.25, 0.3) is 11.0 Å². The van der Waals surface area contributed by atoms with Gasteiger partial charge in [0.25, 0.3) is 5.91 Å². The summed E-state index contributed by atoms with van der Waals surface area (Å²) >= 11 is 0. The highest BCUT2D eigenvalue weighted by Crippen LogP contribution is 2.18. The highest BCUT2D eigenvalue weighted by atomic mass is 19.1. The first kappa shape index (κ1) is 23.5. The molecular formula is C28H30FN3O2. The summed E-state index contributed by atoms with van der Waals surface area (Å²) in [6, 6.07) is 22.0. The smallest absolute Gasteiger partial charge is 0.251 e. The summed E-state index contributed by atoms with van der Waals surface area (Å²) in [6.45, 7) is 4.11. The molecule has 1 aromatic heterocycles. The van der Waals surface area contributed by atoms with E-state index < -0.39 is 0 Å². The molecule has 1 heterocycles. The number of aryl methyl sites for hydroxylation is 3. The van der Waals surface area contributed by atoms with E-state index in [0.29, 0.717) is 18.7 Å². The van der Waals surface area contributed by atoms with E-state index in [1.165, 1.54) is 29.8 Å². The molecule has 0 aliphatic carbocycles. The average Bonchev–Trinajstić information content (AvgIpc) is 3.22. The lowest BCUT2D eigenvalue weighted by molar-refractivity contribution is 0.0953. The van der Waals surface area contributed by atoms with Gasteiger partial charge in [0.15, 0.2) is 0 Å². The fourth-order valence-electron chi connectivity index (χ4n) is 3.95. The predicted molar refractivity (Wildman–Crippen MR) is 133 cm³/mol. The molecule has 4 rings (SSSR count). The molecule has 1 N–H and O–H groups in total. The van der Waals surface area contributed by atoms with Crippen molar-refractivity contribution in [1.82, 2.24) is 14.9 Å². The minimum Gasteiger partial charge on any atom is -0.494 e. The van der Waals surface area contributed by atoms with Crippen LogP contribution in [0, 0.1) is 5.82 Å². The van der Waals surface area contributed by atoms with Gasteiger partial charge in [0, 0.05) is 25.1 Å². The molecule has 0 atom stereocenters. The minimum absolute atomic E-state index is 0.197. The van der Waals surface area contributed by atoms with Gasteiger partial charge in [0.1, 0.15) is 17.4 Å². The van der Waals surface area contributed by atoms with Crippen LogP contribution in [-0.4, -0.2) is 28.6 Å². The Morgan fingerprint density at radius 2 is 1.76 bits per heavy atom. The number of carbonyl (C=O) groups excluding carboxylic acids is 1. The van der Waals surface area contributed by atoms with E-state index in [0.717, 1.165) is 54.8 Å². The number of hydrogen-bond donors (Lipinski definition) is 1. The number of fused-ring (bicyclic) bond motifs is 1. The van der Waals surface area contributed by atoms with E-state index >= 15 is 0 Å². The third-order valence-electron chi connectivity index (χ3n) is 5.83. The Morgan fingerprint density at radius 3 is 2.53 bits per heavy atom. The number of para-hydroxylation sites is 2. The molecule has 0 fully saturated rings. The Morgan fingerprint density at radius 1 is 1.00 bits per heavy atom. The van der Waals surface area contributed by atoms with Crippen LogP contribution in [0.4, 0.5) is 4.39 Å². The molecule has 0 unspecified atom stereocenters. The van der Waals surface area contributed by atoms with Crippen molar-refractivity contribution in [2.45, 2.75) is 39.2 Å². The molecule has 0 radical (unpaired) electrons. The van der Waals surface area contributed by atoms with Crippen LogP contribution in [0.3, 0.4) is 0 Å². The summed E-state index contributed by atoms with van der Waals surface area (Å²) in [5.41, 5.74) is 3.85. The van der Waals surface area contributed by atoms with E-state index in [1.54, 1.807) is 0 Å². The predicted octanol–water partition coefficient (Wildman–Crippen LogP) is 5.57. The Bertz CT molecular complexity index is 1220. The van der Waals surface area contributed by atoms with Gasteiger partial charge in [-0.15, -0.1) is 0 Å². The Labute approximate surface area is 199 Å². The maximum Gasteiger partial charge on any atom is 0.251 e. The van der Waals surface area contributed by atoms with Gasteiger partial charge in [-0.2, -0.15) is 0 Å². The van der Waals surface area contributed by atoms with Gasteiger partial charge in [-0.3, -0.25) is 4.79 Å². The van der Waals surface area contributed by atoms with E-state index in [9.17, 15) is 9.18 Å². The molecule has 0 saturated carbocycles. The molecular weight excluding hydrogens is 429 g/mol. The third kappa shape index (κ3) is 6.01. The molecule has 0 aliphatic rings. The second-order valence-corrected chi connectivity index (χ2v) is 8.23. The van der Waals surface area contributed by atoms with E-state index in [4.69, 9.17) is 9.72 Å². The molecule has 0 spiro atoms. The van der Waals surface area contributed by atoms with E-state index in [2.05, 4.69) is 35.0 Å². The molecule has 4 aromatic rings. The Balaban J connectivity index is 1.31. The van der Waals surface area contributed by atoms with Crippen molar-refractivity contribution < 1.29 is 13.9 Å². The Kier molecular flexibility index (Phi) is 7.91. The Hall–Kier alpha value is -3.67. The van der Waals surface area contributed by atoms with Crippen molar-refractivity contribution in [3.63, 3.8) is 0 Å². The number of halogens is 1. The zero-order chi connectivity index (χ0) is 23.8. The average molecular weight is 460 g/mol. The summed E-state index contributed by atoms with van der Waals surface area (Å²) < 4.78 is 21.2. The van der Waals surface area contributed by atoms with Crippen molar-refractivity contribution in [2.24, 2.45) is 0 Å². The molecule has 5 nitrogen and oxygen atoms in total. The van der Waals surface area contributed by atoms with Crippen molar-refractivity contribution >= 4 is 16.9 Å². The highest BCUT2D eigenvalue weighted by molar-refractivity contribution is 5.94. The van der Waals surface area contributed by atoms with Gasteiger partial charge in [-0.05, 0) is 73.4 Å². The monoisotopic (exact) mass is 459 g/mol. The van der Waals surface area contributed by atoms with Crippen LogP contribution in [0.2, 0.25) is 0 Å². The molecule has 34 heavy (non-hydrogen) atoms. The summed E-state index contributed by atoms with van der Waals surface area (Å²) in [5, 5.41) is 2.90. The van der Waals surface area contributed by atoms with Gasteiger partial charge >= 0.3 is 0 Å². The van der Waals surface area contributed by atoms with E-state index in [-0.39, 0.29) is 11.7 Å². The second kappa shape index (κ2) is 11.5. The summed E-state index contributed by atoms with van der Waals surface area (Å²) in [7, 11) is 0. The third-order valence-corrected chi connectivity index (χ3v) is 5.83. The molecule has 0 aliphatic heterocycles. The van der Waals surface area contributed by atoms with Gasteiger partial charge in [0.05, 0.1) is 17.6 Å². The lowest BCUT2D eigenvalue weighted by atomic mass is 10.2. The maximum atomic E-state index is 13.0. The standard InChI is InChI=1S/C28H30FN3O2/c1-2-21-10-16-24(17-11-21)34-20-6-19-32-26-8-4-3-7-25(26)31-27(32)9-5-18-30-28(33)22-12-14-23(29)15-13-22/h3-4,7-8,10-17H,2,5-6,9,18-20H2,1H3,(H,30,33). The van der Waals surface area contributed by atoms with Crippen molar-refractivity contribution in [1.29, 1.82) is 0 Å². The molecule has 0 saturated heterocycles. The fraction of sp³-hybridized carbons (Fsp3) is 0.286. The number of nitrogens with one attached hydrogen (secondary N) is 1. The van der Waals surface area contributed by atoms with Gasteiger partial charge in [0.2, 0.25) is 0 Å². The summed E-state index contributed by atoms with van der Waals surface area (Å²) in [5.74, 6) is 1.35.